The number of hydrogen-bond acceptors (Lipinski definition) is 3. The van der Waals surface area contributed by atoms with Crippen LogP contribution in [0.1, 0.15) is 12.2 Å². The van der Waals surface area contributed by atoms with Gasteiger partial charge in [0.05, 0.1) is 12.6 Å². The van der Waals surface area contributed by atoms with E-state index in [4.69, 9.17) is 0 Å². The van der Waals surface area contributed by atoms with Crippen LogP contribution in [0.3, 0.4) is 0 Å². The van der Waals surface area contributed by atoms with Crippen molar-refractivity contribution in [3.8, 4) is 11.1 Å². The Morgan fingerprint density at radius 3 is 2.76 bits per heavy atom. The van der Waals surface area contributed by atoms with E-state index in [-0.39, 0.29) is 12.2 Å². The molecule has 0 amide bonds. The number of alkyl halides is 3. The Morgan fingerprint density at radius 1 is 1.12 bits per heavy atom. The standard InChI is InChI=1S/C16H11F4N5/c17-12-7-22-14-2-1-9(8-25(12)14)10-5-23-15-11(10)6-21-13(24-15)3-4-16(18,19)20/h1-2,5-8H,3-4H2,(H,21,23,24). The monoisotopic (exact) mass is 349 g/mol. The van der Waals surface area contributed by atoms with Crippen LogP contribution in [0.5, 0.6) is 0 Å². The maximum Gasteiger partial charge on any atom is 0.389 e. The maximum atomic E-state index is 13.7. The number of hydrogen-bond donors (Lipinski definition) is 1. The van der Waals surface area contributed by atoms with Crippen molar-refractivity contribution < 1.29 is 17.6 Å². The summed E-state index contributed by atoms with van der Waals surface area (Å²) in [4.78, 5) is 15.0. The lowest BCUT2D eigenvalue weighted by Crippen LogP contribution is -2.10. The Kier molecular flexibility index (Phi) is 3.45. The third-order valence-corrected chi connectivity index (χ3v) is 3.89. The van der Waals surface area contributed by atoms with Crippen molar-refractivity contribution >= 4 is 16.7 Å². The fourth-order valence-corrected chi connectivity index (χ4v) is 2.67. The van der Waals surface area contributed by atoms with Crippen LogP contribution in [0.2, 0.25) is 0 Å². The summed E-state index contributed by atoms with van der Waals surface area (Å²) in [5.74, 6) is -0.364. The van der Waals surface area contributed by atoms with Gasteiger partial charge in [-0.25, -0.2) is 15.0 Å². The highest BCUT2D eigenvalue weighted by atomic mass is 19.4. The molecule has 0 atom stereocenters. The van der Waals surface area contributed by atoms with Crippen molar-refractivity contribution in [1.82, 2.24) is 24.3 Å². The summed E-state index contributed by atoms with van der Waals surface area (Å²) in [5, 5.41) is 0.649. The number of nitrogens with zero attached hydrogens (tertiary/aromatic N) is 4. The zero-order valence-electron chi connectivity index (χ0n) is 12.7. The minimum atomic E-state index is -4.25. The van der Waals surface area contributed by atoms with Crippen LogP contribution in [0, 0.1) is 5.95 Å². The molecule has 0 aliphatic heterocycles. The van der Waals surface area contributed by atoms with Crippen LogP contribution >= 0.6 is 0 Å². The molecule has 0 saturated heterocycles. The molecular weight excluding hydrogens is 338 g/mol. The van der Waals surface area contributed by atoms with E-state index in [0.29, 0.717) is 22.2 Å². The van der Waals surface area contributed by atoms with E-state index in [0.717, 1.165) is 11.8 Å². The van der Waals surface area contributed by atoms with E-state index in [1.165, 1.54) is 10.6 Å². The molecule has 0 saturated carbocycles. The van der Waals surface area contributed by atoms with E-state index in [2.05, 4.69) is 19.9 Å². The first-order chi connectivity index (χ1) is 11.9. The second-order valence-corrected chi connectivity index (χ2v) is 5.59. The van der Waals surface area contributed by atoms with Gasteiger partial charge in [0.15, 0.2) is 0 Å². The molecule has 1 N–H and O–H groups in total. The summed E-state index contributed by atoms with van der Waals surface area (Å²) in [6.45, 7) is 0. The van der Waals surface area contributed by atoms with Crippen LogP contribution in [0.15, 0.2) is 36.9 Å². The normalized spacial score (nSPS) is 12.3. The minimum absolute atomic E-state index is 0.120. The van der Waals surface area contributed by atoms with E-state index in [1.54, 1.807) is 24.5 Å². The average molecular weight is 349 g/mol. The van der Waals surface area contributed by atoms with Crippen molar-refractivity contribution in [2.24, 2.45) is 0 Å². The first-order valence-corrected chi connectivity index (χ1v) is 7.43. The summed E-state index contributed by atoms with van der Waals surface area (Å²) >= 11 is 0. The molecule has 0 bridgehead atoms. The molecule has 128 valence electrons. The Bertz CT molecular complexity index is 1060. The number of fused-ring (bicyclic) bond motifs is 2. The van der Waals surface area contributed by atoms with Crippen LogP contribution in [-0.2, 0) is 6.42 Å². The fourth-order valence-electron chi connectivity index (χ4n) is 2.67. The molecule has 25 heavy (non-hydrogen) atoms. The quantitative estimate of drug-likeness (QED) is 0.571. The summed E-state index contributed by atoms with van der Waals surface area (Å²) in [6.07, 6.45) is 0.381. The van der Waals surface area contributed by atoms with Gasteiger partial charge in [0, 0.05) is 41.5 Å². The van der Waals surface area contributed by atoms with Gasteiger partial charge >= 0.3 is 6.18 Å². The molecule has 5 nitrogen and oxygen atoms in total. The second kappa shape index (κ2) is 5.54. The Labute approximate surface area is 138 Å². The van der Waals surface area contributed by atoms with Crippen molar-refractivity contribution in [3.63, 3.8) is 0 Å². The molecule has 0 spiro atoms. The highest BCUT2D eigenvalue weighted by Crippen LogP contribution is 2.28. The van der Waals surface area contributed by atoms with Gasteiger partial charge in [-0.1, -0.05) is 0 Å². The summed E-state index contributed by atoms with van der Waals surface area (Å²) < 4.78 is 51.9. The number of rotatable bonds is 3. The van der Waals surface area contributed by atoms with Crippen LogP contribution < -0.4 is 0 Å². The highest BCUT2D eigenvalue weighted by molar-refractivity contribution is 5.93. The van der Waals surface area contributed by atoms with Gasteiger partial charge in [0.2, 0.25) is 5.95 Å². The largest absolute Gasteiger partial charge is 0.389 e. The first-order valence-electron chi connectivity index (χ1n) is 7.43. The van der Waals surface area contributed by atoms with E-state index >= 15 is 0 Å². The van der Waals surface area contributed by atoms with Crippen LogP contribution in [0.4, 0.5) is 17.6 Å². The lowest BCUT2D eigenvalue weighted by atomic mass is 10.1. The summed E-state index contributed by atoms with van der Waals surface area (Å²) in [5.41, 5.74) is 2.36. The van der Waals surface area contributed by atoms with Crippen molar-refractivity contribution in [3.05, 3.63) is 48.7 Å². The zero-order valence-corrected chi connectivity index (χ0v) is 12.7. The molecule has 0 radical (unpaired) electrons. The molecular formula is C16H11F4N5. The third kappa shape index (κ3) is 2.92. The van der Waals surface area contributed by atoms with Gasteiger partial charge in [0.25, 0.3) is 0 Å². The molecule has 0 unspecified atom stereocenters. The van der Waals surface area contributed by atoms with Gasteiger partial charge in [-0.2, -0.15) is 17.6 Å². The van der Waals surface area contributed by atoms with Crippen LogP contribution in [0.25, 0.3) is 27.8 Å². The van der Waals surface area contributed by atoms with E-state index < -0.39 is 18.5 Å². The molecule has 0 aliphatic rings. The van der Waals surface area contributed by atoms with Crippen molar-refractivity contribution in [2.45, 2.75) is 19.0 Å². The Balaban J connectivity index is 1.71. The van der Waals surface area contributed by atoms with Crippen molar-refractivity contribution in [1.29, 1.82) is 0 Å². The fraction of sp³-hybridized carbons (Fsp3) is 0.188. The summed E-state index contributed by atoms with van der Waals surface area (Å²) in [7, 11) is 0. The first kappa shape index (κ1) is 15.6. The number of aryl methyl sites for hydroxylation is 1. The average Bonchev–Trinajstić information content (AvgIpc) is 3.15. The highest BCUT2D eigenvalue weighted by Gasteiger charge is 2.27. The smallest absolute Gasteiger partial charge is 0.345 e. The summed E-state index contributed by atoms with van der Waals surface area (Å²) in [6, 6.07) is 3.46. The SMILES string of the molecule is Fc1cnc2ccc(-c3c[nH]c4nc(CCC(F)(F)F)ncc34)cn12. The van der Waals surface area contributed by atoms with Gasteiger partial charge in [-0.05, 0) is 12.1 Å². The predicted octanol–water partition coefficient (Wildman–Crippen LogP) is 3.91. The molecule has 4 rings (SSSR count). The number of pyridine rings is 1. The maximum absolute atomic E-state index is 13.7. The topological polar surface area (TPSA) is 58.9 Å². The van der Waals surface area contributed by atoms with E-state index in [1.807, 2.05) is 0 Å². The van der Waals surface area contributed by atoms with E-state index in [9.17, 15) is 17.6 Å². The van der Waals surface area contributed by atoms with Crippen LogP contribution in [-0.4, -0.2) is 30.5 Å². The number of nitrogens with one attached hydrogen (secondary N) is 1. The molecule has 0 aromatic carbocycles. The number of H-pyrrole nitrogens is 1. The van der Waals surface area contributed by atoms with Gasteiger partial charge in [-0.3, -0.25) is 4.40 Å². The lowest BCUT2D eigenvalue weighted by molar-refractivity contribution is -0.134. The molecule has 4 heterocycles. The molecule has 9 heteroatoms. The second-order valence-electron chi connectivity index (χ2n) is 5.59. The number of aromatic amines is 1. The molecule has 0 aliphatic carbocycles. The minimum Gasteiger partial charge on any atom is -0.345 e. The van der Waals surface area contributed by atoms with Gasteiger partial charge in [-0.15, -0.1) is 0 Å². The predicted molar refractivity (Wildman–Crippen MR) is 82.4 cm³/mol. The zero-order chi connectivity index (χ0) is 17.6. The number of imidazole rings is 1. The molecule has 4 aromatic rings. The molecule has 0 fully saturated rings. The Morgan fingerprint density at radius 2 is 1.96 bits per heavy atom. The Hall–Kier alpha value is -2.97. The number of aromatic nitrogens is 5. The van der Waals surface area contributed by atoms with Gasteiger partial charge < -0.3 is 4.98 Å². The van der Waals surface area contributed by atoms with Gasteiger partial charge in [0.1, 0.15) is 17.1 Å². The number of halogens is 4. The lowest BCUT2D eigenvalue weighted by Gasteiger charge is -2.05. The third-order valence-electron chi connectivity index (χ3n) is 3.89. The molecule has 4 aromatic heterocycles. The van der Waals surface area contributed by atoms with Crippen molar-refractivity contribution in [2.75, 3.05) is 0 Å².